The number of hydrogen-bond donors (Lipinski definition) is 1. The molecular formula is C9H10N2O3. The fourth-order valence-electron chi connectivity index (χ4n) is 1.15. The Morgan fingerprint density at radius 3 is 2.71 bits per heavy atom. The number of nitro groups is 1. The molecule has 0 bridgehead atoms. The van der Waals surface area contributed by atoms with Gasteiger partial charge in [-0.2, -0.15) is 0 Å². The summed E-state index contributed by atoms with van der Waals surface area (Å²) in [4.78, 5) is 20.0. The Morgan fingerprint density at radius 2 is 2.21 bits per heavy atom. The molecule has 0 atom stereocenters. The van der Waals surface area contributed by atoms with Crippen molar-refractivity contribution in [3.8, 4) is 0 Å². The van der Waals surface area contributed by atoms with E-state index in [9.17, 15) is 14.9 Å². The molecule has 0 saturated heterocycles. The van der Waals surface area contributed by atoms with Crippen LogP contribution >= 0.6 is 0 Å². The Bertz CT molecular complexity index is 363. The highest BCUT2D eigenvalue weighted by molar-refractivity contribution is 5.59. The predicted octanol–water partition coefficient (Wildman–Crippen LogP) is 1.31. The van der Waals surface area contributed by atoms with Crippen LogP contribution in [0, 0.1) is 10.1 Å². The van der Waals surface area contributed by atoms with Crippen LogP contribution in [0.3, 0.4) is 0 Å². The Hall–Kier alpha value is -1.91. The molecule has 0 aliphatic carbocycles. The van der Waals surface area contributed by atoms with Crippen LogP contribution in [0.1, 0.15) is 12.0 Å². The smallest absolute Gasteiger partial charge is 0.292 e. The van der Waals surface area contributed by atoms with Crippen LogP contribution in [0.2, 0.25) is 0 Å². The third-order valence-corrected chi connectivity index (χ3v) is 1.84. The van der Waals surface area contributed by atoms with E-state index >= 15 is 0 Å². The van der Waals surface area contributed by atoms with E-state index in [1.54, 1.807) is 6.07 Å². The van der Waals surface area contributed by atoms with Crippen molar-refractivity contribution in [1.29, 1.82) is 0 Å². The number of rotatable bonds is 4. The van der Waals surface area contributed by atoms with Gasteiger partial charge in [0.05, 0.1) is 4.92 Å². The number of hydrogen-bond acceptors (Lipinski definition) is 4. The molecule has 0 aliphatic heterocycles. The van der Waals surface area contributed by atoms with E-state index in [-0.39, 0.29) is 11.4 Å². The van der Waals surface area contributed by atoms with Gasteiger partial charge in [-0.25, -0.2) is 0 Å². The number of aryl methyl sites for hydroxylation is 1. The zero-order valence-electron chi connectivity index (χ0n) is 7.47. The van der Waals surface area contributed by atoms with Gasteiger partial charge in [0.25, 0.3) is 5.69 Å². The number of nitrogen functional groups attached to an aromatic ring is 1. The normalized spacial score (nSPS) is 9.71. The summed E-state index contributed by atoms with van der Waals surface area (Å²) in [6.07, 6.45) is 1.76. The molecule has 1 rings (SSSR count). The molecule has 0 aromatic heterocycles. The van der Waals surface area contributed by atoms with Crippen LogP contribution in [-0.4, -0.2) is 11.2 Å². The first-order valence-electron chi connectivity index (χ1n) is 4.11. The second kappa shape index (κ2) is 4.36. The Labute approximate surface area is 80.7 Å². The SMILES string of the molecule is Nc1cc(CCC=O)ccc1[N+](=O)[O-]. The number of nitro benzene ring substituents is 1. The van der Waals surface area contributed by atoms with Crippen LogP contribution in [0.25, 0.3) is 0 Å². The van der Waals surface area contributed by atoms with Gasteiger partial charge < -0.3 is 10.5 Å². The zero-order chi connectivity index (χ0) is 10.6. The highest BCUT2D eigenvalue weighted by atomic mass is 16.6. The van der Waals surface area contributed by atoms with E-state index in [2.05, 4.69) is 0 Å². The highest BCUT2D eigenvalue weighted by Crippen LogP contribution is 2.22. The van der Waals surface area contributed by atoms with E-state index in [0.717, 1.165) is 11.8 Å². The maximum Gasteiger partial charge on any atom is 0.292 e. The zero-order valence-corrected chi connectivity index (χ0v) is 7.47. The van der Waals surface area contributed by atoms with E-state index < -0.39 is 4.92 Å². The molecule has 0 aliphatic rings. The average molecular weight is 194 g/mol. The van der Waals surface area contributed by atoms with Crippen molar-refractivity contribution in [2.24, 2.45) is 0 Å². The molecule has 2 N–H and O–H groups in total. The molecule has 1 aromatic rings. The summed E-state index contributed by atoms with van der Waals surface area (Å²) in [5.41, 5.74) is 6.34. The van der Waals surface area contributed by atoms with Crippen molar-refractivity contribution in [1.82, 2.24) is 0 Å². The van der Waals surface area contributed by atoms with Crippen LogP contribution < -0.4 is 5.73 Å². The minimum absolute atomic E-state index is 0.0974. The summed E-state index contributed by atoms with van der Waals surface area (Å²) in [7, 11) is 0. The summed E-state index contributed by atoms with van der Waals surface area (Å²) in [6, 6.07) is 4.50. The Balaban J connectivity index is 2.88. The molecule has 5 heteroatoms. The molecule has 0 unspecified atom stereocenters. The van der Waals surface area contributed by atoms with Gasteiger partial charge in [-0.3, -0.25) is 10.1 Å². The van der Waals surface area contributed by atoms with Gasteiger partial charge in [0.15, 0.2) is 0 Å². The van der Waals surface area contributed by atoms with Gasteiger partial charge in [-0.1, -0.05) is 6.07 Å². The largest absolute Gasteiger partial charge is 0.393 e. The number of anilines is 1. The first-order valence-corrected chi connectivity index (χ1v) is 4.11. The Kier molecular flexibility index (Phi) is 3.17. The molecule has 0 spiro atoms. The molecule has 5 nitrogen and oxygen atoms in total. The number of benzene rings is 1. The topological polar surface area (TPSA) is 86.2 Å². The number of nitrogens with two attached hydrogens (primary N) is 1. The van der Waals surface area contributed by atoms with Crippen molar-refractivity contribution in [2.45, 2.75) is 12.8 Å². The quantitative estimate of drug-likeness (QED) is 0.339. The lowest BCUT2D eigenvalue weighted by Gasteiger charge is -2.00. The number of nitrogens with zero attached hydrogens (tertiary/aromatic N) is 1. The van der Waals surface area contributed by atoms with Crippen LogP contribution in [0.15, 0.2) is 18.2 Å². The third-order valence-electron chi connectivity index (χ3n) is 1.84. The first-order chi connectivity index (χ1) is 6.65. The van der Waals surface area contributed by atoms with Gasteiger partial charge in [0.2, 0.25) is 0 Å². The molecule has 0 saturated carbocycles. The maximum atomic E-state index is 10.4. The van der Waals surface area contributed by atoms with E-state index in [4.69, 9.17) is 5.73 Å². The maximum absolute atomic E-state index is 10.4. The second-order valence-corrected chi connectivity index (χ2v) is 2.86. The molecule has 0 fully saturated rings. The lowest BCUT2D eigenvalue weighted by Crippen LogP contribution is -1.97. The summed E-state index contributed by atoms with van der Waals surface area (Å²) >= 11 is 0. The molecule has 74 valence electrons. The van der Waals surface area contributed by atoms with Crippen LogP contribution in [0.4, 0.5) is 11.4 Å². The summed E-state index contributed by atoms with van der Waals surface area (Å²) in [5.74, 6) is 0. The molecule has 1 aromatic carbocycles. The van der Waals surface area contributed by atoms with Crippen LogP contribution in [0.5, 0.6) is 0 Å². The minimum Gasteiger partial charge on any atom is -0.393 e. The lowest BCUT2D eigenvalue weighted by molar-refractivity contribution is -0.383. The van der Waals surface area contributed by atoms with Crippen molar-refractivity contribution in [3.05, 3.63) is 33.9 Å². The molecular weight excluding hydrogens is 184 g/mol. The van der Waals surface area contributed by atoms with Gasteiger partial charge in [-0.15, -0.1) is 0 Å². The molecule has 0 radical (unpaired) electrons. The summed E-state index contributed by atoms with van der Waals surface area (Å²) < 4.78 is 0. The number of carbonyl (C=O) groups is 1. The molecule has 0 amide bonds. The predicted molar refractivity (Wildman–Crippen MR) is 51.9 cm³/mol. The van der Waals surface area contributed by atoms with Gasteiger partial charge in [-0.05, 0) is 18.1 Å². The molecule has 14 heavy (non-hydrogen) atoms. The fourth-order valence-corrected chi connectivity index (χ4v) is 1.15. The standard InChI is InChI=1S/C9H10N2O3/c10-8-6-7(2-1-5-12)3-4-9(8)11(13)14/h3-6H,1-2,10H2. The van der Waals surface area contributed by atoms with Gasteiger partial charge in [0, 0.05) is 12.5 Å². The first kappa shape index (κ1) is 10.2. The lowest BCUT2D eigenvalue weighted by atomic mass is 10.1. The summed E-state index contributed by atoms with van der Waals surface area (Å²) in [6.45, 7) is 0. The monoisotopic (exact) mass is 194 g/mol. The van der Waals surface area contributed by atoms with Crippen molar-refractivity contribution < 1.29 is 9.72 Å². The number of aldehydes is 1. The number of carbonyl (C=O) groups excluding carboxylic acids is 1. The molecule has 0 heterocycles. The van der Waals surface area contributed by atoms with Crippen molar-refractivity contribution in [3.63, 3.8) is 0 Å². The van der Waals surface area contributed by atoms with E-state index in [1.165, 1.54) is 12.1 Å². The van der Waals surface area contributed by atoms with E-state index in [1.807, 2.05) is 0 Å². The van der Waals surface area contributed by atoms with Crippen LogP contribution in [-0.2, 0) is 11.2 Å². The van der Waals surface area contributed by atoms with Crippen molar-refractivity contribution >= 4 is 17.7 Å². The third kappa shape index (κ3) is 2.29. The van der Waals surface area contributed by atoms with E-state index in [0.29, 0.717) is 12.8 Å². The van der Waals surface area contributed by atoms with Gasteiger partial charge >= 0.3 is 0 Å². The average Bonchev–Trinajstić information content (AvgIpc) is 2.14. The van der Waals surface area contributed by atoms with Gasteiger partial charge in [0.1, 0.15) is 12.0 Å². The highest BCUT2D eigenvalue weighted by Gasteiger charge is 2.10. The minimum atomic E-state index is -0.529. The fraction of sp³-hybridized carbons (Fsp3) is 0.222. The Morgan fingerprint density at radius 1 is 1.50 bits per heavy atom. The summed E-state index contributed by atoms with van der Waals surface area (Å²) in [5, 5.41) is 10.4. The van der Waals surface area contributed by atoms with Crippen molar-refractivity contribution in [2.75, 3.05) is 5.73 Å². The second-order valence-electron chi connectivity index (χ2n) is 2.86.